The van der Waals surface area contributed by atoms with E-state index in [2.05, 4.69) is 81.4 Å². The number of benzene rings is 4. The average molecular weight is 725 g/mol. The number of amides is 1. The van der Waals surface area contributed by atoms with Gasteiger partial charge in [0.25, 0.3) is 5.91 Å². The van der Waals surface area contributed by atoms with E-state index >= 15 is 0 Å². The summed E-state index contributed by atoms with van der Waals surface area (Å²) in [7, 11) is 0. The smallest absolute Gasteiger partial charge is 0.255 e. The number of rotatable bonds is 7. The number of phenols is 1. The average Bonchev–Trinajstić information content (AvgIpc) is 3.53. The lowest BCUT2D eigenvalue weighted by Crippen LogP contribution is -2.49. The molecule has 1 unspecified atom stereocenters. The Kier molecular flexibility index (Phi) is 9.35. The lowest BCUT2D eigenvalue weighted by atomic mass is 9.76. The van der Waals surface area contributed by atoms with E-state index in [9.17, 15) is 19.5 Å². The summed E-state index contributed by atoms with van der Waals surface area (Å²) in [6.07, 6.45) is 3.13. The van der Waals surface area contributed by atoms with Crippen molar-refractivity contribution in [3.05, 3.63) is 119 Å². The van der Waals surface area contributed by atoms with Gasteiger partial charge in [0, 0.05) is 99.2 Å². The second-order valence-corrected chi connectivity index (χ2v) is 15.8. The van der Waals surface area contributed by atoms with E-state index in [4.69, 9.17) is 4.74 Å². The molecule has 0 spiro atoms. The molecule has 4 aliphatic heterocycles. The van der Waals surface area contributed by atoms with Crippen LogP contribution < -0.4 is 14.5 Å². The van der Waals surface area contributed by atoms with Crippen molar-refractivity contribution in [3.8, 4) is 11.5 Å². The highest BCUT2D eigenvalue weighted by atomic mass is 16.5. The molecule has 4 heterocycles. The Morgan fingerprint density at radius 3 is 2.22 bits per heavy atom. The Balaban J connectivity index is 0.780. The number of aromatic hydroxyl groups is 1. The third kappa shape index (κ3) is 6.74. The van der Waals surface area contributed by atoms with E-state index in [1.807, 2.05) is 12.1 Å². The molecule has 9 nitrogen and oxygen atoms in total. The first kappa shape index (κ1) is 34.6. The fraction of sp³-hybridized carbons (Fsp3) is 0.400. The Morgan fingerprint density at radius 2 is 1.46 bits per heavy atom. The third-order valence-electron chi connectivity index (χ3n) is 12.6. The summed E-state index contributed by atoms with van der Waals surface area (Å²) < 4.78 is 6.17. The summed E-state index contributed by atoms with van der Waals surface area (Å²) in [6, 6.07) is 30.9. The molecule has 1 amide bonds. The molecular formula is C45H48N4O5. The maximum atomic E-state index is 13.2. The van der Waals surface area contributed by atoms with Crippen LogP contribution in [0.15, 0.2) is 91.0 Å². The van der Waals surface area contributed by atoms with Crippen LogP contribution in [-0.2, 0) is 16.1 Å². The first-order valence-electron chi connectivity index (χ1n) is 19.7. The number of nitrogens with zero attached hydrogens (tertiary/aromatic N) is 4. The number of ketones is 2. The summed E-state index contributed by atoms with van der Waals surface area (Å²) in [6.45, 7) is 8.21. The normalized spacial score (nSPS) is 23.7. The van der Waals surface area contributed by atoms with Gasteiger partial charge in [-0.1, -0.05) is 48.5 Å². The van der Waals surface area contributed by atoms with Crippen LogP contribution in [-0.4, -0.2) is 90.8 Å². The molecule has 3 fully saturated rings. The van der Waals surface area contributed by atoms with E-state index in [1.54, 1.807) is 17.0 Å². The van der Waals surface area contributed by atoms with Crippen molar-refractivity contribution >= 4 is 28.8 Å². The predicted octanol–water partition coefficient (Wildman–Crippen LogP) is 6.39. The van der Waals surface area contributed by atoms with E-state index in [0.717, 1.165) is 68.4 Å². The topological polar surface area (TPSA) is 93.6 Å². The van der Waals surface area contributed by atoms with Gasteiger partial charge in [-0.15, -0.1) is 0 Å². The zero-order valence-electron chi connectivity index (χ0n) is 30.7. The lowest BCUT2D eigenvalue weighted by Gasteiger charge is -2.40. The van der Waals surface area contributed by atoms with Crippen LogP contribution in [0, 0.1) is 5.92 Å². The second kappa shape index (κ2) is 14.6. The zero-order valence-corrected chi connectivity index (χ0v) is 30.7. The number of fused-ring (bicyclic) bond motifs is 2. The number of Topliss-reactive ketones (excluding diaryl/α,β-unsaturated/α-hetero) is 2. The van der Waals surface area contributed by atoms with E-state index in [-0.39, 0.29) is 41.5 Å². The maximum Gasteiger partial charge on any atom is 0.255 e. The standard InChI is InChI=1S/C45H48N4O5/c50-36-12-15-41(42(52)25-36)49-28-33-24-35(10-13-38(33)45(49)53)48-22-20-46(21-23-48)27-30-16-18-47(19-17-30)34-8-6-32(7-9-34)44-39-14-11-37(51)26-43(39)54-29-40(44)31-4-2-1-3-5-31/h1-11,13-14,24,26,30,40-41,44,51H,12,15-23,25,27-29H2/t40-,41+,44?/m1/s1. The number of phenolic OH excluding ortho intramolecular Hbond substituents is 1. The molecule has 0 radical (unpaired) electrons. The van der Waals surface area contributed by atoms with Crippen LogP contribution in [0.3, 0.4) is 0 Å². The zero-order chi connectivity index (χ0) is 36.8. The number of carbonyl (C=O) groups is 3. The van der Waals surface area contributed by atoms with E-state index < -0.39 is 6.04 Å². The van der Waals surface area contributed by atoms with Crippen molar-refractivity contribution in [2.45, 2.75) is 56.5 Å². The minimum Gasteiger partial charge on any atom is -0.508 e. The van der Waals surface area contributed by atoms with Crippen molar-refractivity contribution in [2.24, 2.45) is 5.92 Å². The van der Waals surface area contributed by atoms with Crippen LogP contribution in [0.4, 0.5) is 11.4 Å². The Bertz CT molecular complexity index is 2030. The summed E-state index contributed by atoms with van der Waals surface area (Å²) >= 11 is 0. The van der Waals surface area contributed by atoms with Crippen LogP contribution in [0.2, 0.25) is 0 Å². The number of piperidine rings is 1. The van der Waals surface area contributed by atoms with E-state index in [1.165, 1.54) is 29.7 Å². The van der Waals surface area contributed by atoms with Gasteiger partial charge in [0.2, 0.25) is 0 Å². The minimum atomic E-state index is -0.478. The molecule has 1 N–H and O–H groups in total. The molecular weight excluding hydrogens is 677 g/mol. The van der Waals surface area contributed by atoms with Crippen molar-refractivity contribution < 1.29 is 24.2 Å². The van der Waals surface area contributed by atoms with Gasteiger partial charge in [-0.05, 0) is 78.3 Å². The summed E-state index contributed by atoms with van der Waals surface area (Å²) in [4.78, 5) is 46.7. The summed E-state index contributed by atoms with van der Waals surface area (Å²) in [5.74, 6) is 1.78. The lowest BCUT2D eigenvalue weighted by molar-refractivity contribution is -0.133. The molecule has 4 aromatic rings. The van der Waals surface area contributed by atoms with Crippen molar-refractivity contribution in [3.63, 3.8) is 0 Å². The fourth-order valence-electron chi connectivity index (χ4n) is 9.59. The number of piperazine rings is 1. The van der Waals surface area contributed by atoms with Gasteiger partial charge >= 0.3 is 0 Å². The highest BCUT2D eigenvalue weighted by Crippen LogP contribution is 2.47. The summed E-state index contributed by atoms with van der Waals surface area (Å²) in [5.41, 5.74) is 7.73. The molecule has 9 heteroatoms. The first-order chi connectivity index (χ1) is 26.4. The van der Waals surface area contributed by atoms with Crippen LogP contribution in [0.5, 0.6) is 11.5 Å². The fourth-order valence-corrected chi connectivity index (χ4v) is 9.59. The van der Waals surface area contributed by atoms with Crippen LogP contribution in [0.25, 0.3) is 0 Å². The van der Waals surface area contributed by atoms with Gasteiger partial charge < -0.3 is 24.5 Å². The first-order valence-corrected chi connectivity index (χ1v) is 19.7. The molecule has 2 saturated heterocycles. The number of carbonyl (C=O) groups excluding carboxylic acids is 3. The quantitative estimate of drug-likeness (QED) is 0.220. The van der Waals surface area contributed by atoms with Gasteiger partial charge in [-0.2, -0.15) is 0 Å². The molecule has 278 valence electrons. The molecule has 9 rings (SSSR count). The van der Waals surface area contributed by atoms with Gasteiger partial charge in [-0.3, -0.25) is 19.3 Å². The Labute approximate surface area is 317 Å². The van der Waals surface area contributed by atoms with Gasteiger partial charge in [-0.25, -0.2) is 0 Å². The third-order valence-corrected chi connectivity index (χ3v) is 12.6. The molecule has 5 aliphatic rings. The Morgan fingerprint density at radius 1 is 0.722 bits per heavy atom. The second-order valence-electron chi connectivity index (χ2n) is 15.8. The molecule has 3 atom stereocenters. The highest BCUT2D eigenvalue weighted by Gasteiger charge is 2.39. The number of anilines is 2. The largest absolute Gasteiger partial charge is 0.508 e. The van der Waals surface area contributed by atoms with Crippen LogP contribution >= 0.6 is 0 Å². The van der Waals surface area contributed by atoms with Gasteiger partial charge in [0.15, 0.2) is 5.78 Å². The number of hydrogen-bond acceptors (Lipinski definition) is 8. The highest BCUT2D eigenvalue weighted by molar-refractivity contribution is 6.07. The van der Waals surface area contributed by atoms with Crippen molar-refractivity contribution in [2.75, 3.05) is 62.2 Å². The molecule has 54 heavy (non-hydrogen) atoms. The molecule has 1 aliphatic carbocycles. The van der Waals surface area contributed by atoms with Gasteiger partial charge in [0.05, 0.1) is 19.1 Å². The van der Waals surface area contributed by atoms with E-state index in [0.29, 0.717) is 37.5 Å². The number of hydrogen-bond donors (Lipinski definition) is 1. The minimum absolute atomic E-state index is 0.0197. The van der Waals surface area contributed by atoms with Crippen molar-refractivity contribution in [1.82, 2.24) is 9.80 Å². The SMILES string of the molecule is O=C1CC[C@H](N2Cc3cc(N4CCN(CC5CCN(c6ccc(C7c8ccc(O)cc8OC[C@@H]7c7ccccc7)cc6)CC5)CC4)ccc3C2=O)C(=O)C1. The van der Waals surface area contributed by atoms with Crippen molar-refractivity contribution in [1.29, 1.82) is 0 Å². The molecule has 0 bridgehead atoms. The van der Waals surface area contributed by atoms with Gasteiger partial charge in [0.1, 0.15) is 17.3 Å². The molecule has 4 aromatic carbocycles. The van der Waals surface area contributed by atoms with Crippen LogP contribution in [0.1, 0.15) is 76.6 Å². The molecule has 1 saturated carbocycles. The Hall–Kier alpha value is -5.15. The summed E-state index contributed by atoms with van der Waals surface area (Å²) in [5, 5.41) is 10.1. The molecule has 0 aromatic heterocycles. The predicted molar refractivity (Wildman–Crippen MR) is 209 cm³/mol. The monoisotopic (exact) mass is 724 g/mol. The number of ether oxygens (including phenoxy) is 1. The maximum absolute atomic E-state index is 13.2.